The maximum absolute atomic E-state index is 14.6. The smallest absolute Gasteiger partial charge is 0.325 e. The molecule has 0 spiro atoms. The van der Waals surface area contributed by atoms with Gasteiger partial charge in [0.15, 0.2) is 0 Å². The standard InChI is InChI=1S/C30H32FN3O5.C2H6/c1-4-38-16-17-39-23-13-11-22(12-14-23)26-29(36)34(30(37)33-26)27(20(3)21-8-6-5-7-9-21)28(35)32-25-15-10-19(2)18-24(25)31;1-2/h5-15,18,20,26-27H,4,16-17H2,1-3H3,(H,32,35)(H,33,37);1-2H3/t20?,26-,27?;/m1./s1. The topological polar surface area (TPSA) is 97.0 Å². The Balaban J connectivity index is 0.00000226. The van der Waals surface area contributed by atoms with E-state index in [9.17, 15) is 18.8 Å². The minimum absolute atomic E-state index is 0.0283. The van der Waals surface area contributed by atoms with Crippen LogP contribution < -0.4 is 15.4 Å². The van der Waals surface area contributed by atoms with Gasteiger partial charge in [0.25, 0.3) is 5.91 Å². The first kappa shape index (κ1) is 31.3. The second-order valence-electron chi connectivity index (χ2n) is 9.32. The Morgan fingerprint density at radius 3 is 2.34 bits per heavy atom. The highest BCUT2D eigenvalue weighted by Crippen LogP contribution is 2.32. The van der Waals surface area contributed by atoms with Crippen LogP contribution in [0.1, 0.15) is 56.3 Å². The molecule has 1 aliphatic heterocycles. The number of urea groups is 1. The van der Waals surface area contributed by atoms with Gasteiger partial charge in [0.2, 0.25) is 5.91 Å². The zero-order valence-electron chi connectivity index (χ0n) is 24.1. The molecule has 3 atom stereocenters. The summed E-state index contributed by atoms with van der Waals surface area (Å²) in [5.41, 5.74) is 1.96. The number of carbonyl (C=O) groups excluding carboxylic acids is 3. The molecule has 1 fully saturated rings. The molecule has 9 heteroatoms. The average Bonchev–Trinajstić information content (AvgIpc) is 3.28. The van der Waals surface area contributed by atoms with Gasteiger partial charge in [0, 0.05) is 12.5 Å². The van der Waals surface area contributed by atoms with E-state index in [0.717, 1.165) is 10.5 Å². The van der Waals surface area contributed by atoms with Crippen molar-refractivity contribution in [1.82, 2.24) is 10.2 Å². The summed E-state index contributed by atoms with van der Waals surface area (Å²) < 4.78 is 25.5. The van der Waals surface area contributed by atoms with Crippen molar-refractivity contribution < 1.29 is 28.2 Å². The number of imide groups is 1. The maximum atomic E-state index is 14.6. The van der Waals surface area contributed by atoms with Crippen LogP contribution in [0.4, 0.5) is 14.9 Å². The van der Waals surface area contributed by atoms with Crippen molar-refractivity contribution in [3.05, 3.63) is 95.3 Å². The third-order valence-electron chi connectivity index (χ3n) is 6.61. The summed E-state index contributed by atoms with van der Waals surface area (Å²) in [6.45, 7) is 10.8. The lowest BCUT2D eigenvalue weighted by molar-refractivity contribution is -0.134. The molecule has 1 aliphatic rings. The van der Waals surface area contributed by atoms with Gasteiger partial charge in [-0.15, -0.1) is 0 Å². The molecule has 3 aromatic rings. The molecule has 218 valence electrons. The highest BCUT2D eigenvalue weighted by molar-refractivity contribution is 6.10. The number of halogens is 1. The molecule has 2 N–H and O–H groups in total. The number of anilines is 1. The normalized spacial score (nSPS) is 15.9. The van der Waals surface area contributed by atoms with Crippen molar-refractivity contribution in [2.45, 2.75) is 52.6 Å². The predicted octanol–water partition coefficient (Wildman–Crippen LogP) is 5.98. The predicted molar refractivity (Wildman–Crippen MR) is 156 cm³/mol. The first-order valence-corrected chi connectivity index (χ1v) is 13.9. The Kier molecular flexibility index (Phi) is 11.4. The lowest BCUT2D eigenvalue weighted by Crippen LogP contribution is -2.50. The Morgan fingerprint density at radius 2 is 1.71 bits per heavy atom. The van der Waals surface area contributed by atoms with Gasteiger partial charge in [-0.25, -0.2) is 14.1 Å². The van der Waals surface area contributed by atoms with E-state index in [4.69, 9.17) is 9.47 Å². The van der Waals surface area contributed by atoms with Crippen LogP contribution in [0.25, 0.3) is 0 Å². The molecule has 41 heavy (non-hydrogen) atoms. The van der Waals surface area contributed by atoms with Crippen molar-refractivity contribution >= 4 is 23.5 Å². The minimum atomic E-state index is -1.23. The number of ether oxygens (including phenoxy) is 2. The lowest BCUT2D eigenvalue weighted by atomic mass is 9.91. The summed E-state index contributed by atoms with van der Waals surface area (Å²) in [5, 5.41) is 5.28. The van der Waals surface area contributed by atoms with Gasteiger partial charge in [0.1, 0.15) is 30.3 Å². The van der Waals surface area contributed by atoms with Crippen molar-refractivity contribution in [3.63, 3.8) is 0 Å². The van der Waals surface area contributed by atoms with Crippen molar-refractivity contribution in [1.29, 1.82) is 0 Å². The third kappa shape index (κ3) is 7.70. The van der Waals surface area contributed by atoms with E-state index in [1.807, 2.05) is 51.1 Å². The molecule has 0 saturated carbocycles. The summed E-state index contributed by atoms with van der Waals surface area (Å²) >= 11 is 0. The number of benzene rings is 3. The summed E-state index contributed by atoms with van der Waals surface area (Å²) in [5.74, 6) is -1.82. The van der Waals surface area contributed by atoms with Crippen LogP contribution in [0.3, 0.4) is 0 Å². The van der Waals surface area contributed by atoms with Gasteiger partial charge in [-0.05, 0) is 54.8 Å². The van der Waals surface area contributed by atoms with Gasteiger partial charge >= 0.3 is 6.03 Å². The quantitative estimate of drug-likeness (QED) is 0.221. The third-order valence-corrected chi connectivity index (χ3v) is 6.61. The minimum Gasteiger partial charge on any atom is -0.491 e. The number of carbonyl (C=O) groups is 3. The van der Waals surface area contributed by atoms with E-state index in [-0.39, 0.29) is 5.69 Å². The van der Waals surface area contributed by atoms with Crippen LogP contribution >= 0.6 is 0 Å². The number of rotatable bonds is 11. The number of aryl methyl sites for hydroxylation is 1. The van der Waals surface area contributed by atoms with Gasteiger partial charge in [-0.2, -0.15) is 0 Å². The van der Waals surface area contributed by atoms with E-state index < -0.39 is 41.7 Å². The zero-order valence-corrected chi connectivity index (χ0v) is 24.1. The number of hydrogen-bond donors (Lipinski definition) is 2. The maximum Gasteiger partial charge on any atom is 0.325 e. The molecule has 8 nitrogen and oxygen atoms in total. The fourth-order valence-electron chi connectivity index (χ4n) is 4.54. The van der Waals surface area contributed by atoms with E-state index in [1.54, 1.807) is 44.2 Å². The molecule has 0 aromatic heterocycles. The van der Waals surface area contributed by atoms with E-state index in [1.165, 1.54) is 12.1 Å². The van der Waals surface area contributed by atoms with Gasteiger partial charge in [-0.3, -0.25) is 9.59 Å². The molecule has 1 heterocycles. The Morgan fingerprint density at radius 1 is 1.02 bits per heavy atom. The van der Waals surface area contributed by atoms with Crippen LogP contribution in [-0.4, -0.2) is 48.6 Å². The summed E-state index contributed by atoms with van der Waals surface area (Å²) in [6, 6.07) is 17.4. The molecular weight excluding hydrogens is 525 g/mol. The molecule has 2 unspecified atom stereocenters. The summed E-state index contributed by atoms with van der Waals surface area (Å²) in [7, 11) is 0. The number of nitrogens with zero attached hydrogens (tertiary/aromatic N) is 1. The molecule has 3 aromatic carbocycles. The van der Waals surface area contributed by atoms with Crippen molar-refractivity contribution in [2.24, 2.45) is 0 Å². The van der Waals surface area contributed by atoms with Crippen LogP contribution in [-0.2, 0) is 14.3 Å². The Labute approximate surface area is 240 Å². The number of hydrogen-bond acceptors (Lipinski definition) is 5. The van der Waals surface area contributed by atoms with Crippen molar-refractivity contribution in [3.8, 4) is 5.75 Å². The fourth-order valence-corrected chi connectivity index (χ4v) is 4.54. The molecule has 1 saturated heterocycles. The second kappa shape index (κ2) is 14.9. The first-order valence-electron chi connectivity index (χ1n) is 13.9. The Hall–Kier alpha value is -4.24. The average molecular weight is 564 g/mol. The molecule has 0 bridgehead atoms. The van der Waals surface area contributed by atoms with Crippen LogP contribution in [0, 0.1) is 12.7 Å². The summed E-state index contributed by atoms with van der Waals surface area (Å²) in [4.78, 5) is 41.4. The number of nitrogens with one attached hydrogen (secondary N) is 2. The van der Waals surface area contributed by atoms with E-state index in [0.29, 0.717) is 36.7 Å². The van der Waals surface area contributed by atoms with E-state index in [2.05, 4.69) is 10.6 Å². The highest BCUT2D eigenvalue weighted by atomic mass is 19.1. The van der Waals surface area contributed by atoms with Gasteiger partial charge in [0.05, 0.1) is 12.3 Å². The fraction of sp³-hybridized carbons (Fsp3) is 0.344. The van der Waals surface area contributed by atoms with Crippen molar-refractivity contribution in [2.75, 3.05) is 25.1 Å². The second-order valence-corrected chi connectivity index (χ2v) is 9.32. The van der Waals surface area contributed by atoms with E-state index >= 15 is 0 Å². The SMILES string of the molecule is CC.CCOCCOc1ccc([C@H]2NC(=O)N(C(C(=O)Nc3ccc(C)cc3F)C(C)c3ccccc3)C2=O)cc1. The molecule has 4 rings (SSSR count). The number of amides is 4. The van der Waals surface area contributed by atoms with Crippen LogP contribution in [0.2, 0.25) is 0 Å². The Bertz CT molecular complexity index is 1320. The van der Waals surface area contributed by atoms with Crippen LogP contribution in [0.15, 0.2) is 72.8 Å². The lowest BCUT2D eigenvalue weighted by Gasteiger charge is -2.30. The molecular formula is C32H38FN3O5. The van der Waals surface area contributed by atoms with Crippen LogP contribution in [0.5, 0.6) is 5.75 Å². The zero-order chi connectivity index (χ0) is 29.9. The molecule has 0 radical (unpaired) electrons. The highest BCUT2D eigenvalue weighted by Gasteiger charge is 2.47. The summed E-state index contributed by atoms with van der Waals surface area (Å²) in [6.07, 6.45) is 0. The van der Waals surface area contributed by atoms with Gasteiger partial charge in [-0.1, -0.05) is 69.3 Å². The first-order chi connectivity index (χ1) is 19.8. The largest absolute Gasteiger partial charge is 0.491 e. The van der Waals surface area contributed by atoms with Gasteiger partial charge < -0.3 is 20.1 Å². The molecule has 4 amide bonds. The molecule has 0 aliphatic carbocycles. The monoisotopic (exact) mass is 563 g/mol.